The molecule has 34 heavy (non-hydrogen) atoms. The van der Waals surface area contributed by atoms with E-state index in [1.165, 1.54) is 12.1 Å². The number of esters is 1. The molecular weight excluding hydrogens is 520 g/mol. The Hall–Kier alpha value is -3.01. The highest BCUT2D eigenvalue weighted by molar-refractivity contribution is 9.10. The molecule has 0 heterocycles. The van der Waals surface area contributed by atoms with Crippen LogP contribution < -0.4 is 5.32 Å². The van der Waals surface area contributed by atoms with Gasteiger partial charge in [-0.05, 0) is 54.4 Å². The number of anilines is 1. The maximum Gasteiger partial charge on any atom is 0.310 e. The molecule has 0 radical (unpaired) electrons. The largest absolute Gasteiger partial charge is 0.466 e. The van der Waals surface area contributed by atoms with Gasteiger partial charge in [0.05, 0.1) is 24.5 Å². The number of rotatable bonds is 10. The predicted octanol–water partition coefficient (Wildman–Crippen LogP) is 4.38. The van der Waals surface area contributed by atoms with Gasteiger partial charge in [-0.3, -0.25) is 9.59 Å². The lowest BCUT2D eigenvalue weighted by Gasteiger charge is -2.22. The average Bonchev–Trinajstić information content (AvgIpc) is 2.82. The zero-order valence-electron chi connectivity index (χ0n) is 18.6. The normalized spacial score (nSPS) is 11.3. The number of carbonyl (C=O) groups excluding carboxylic acids is 2. The van der Waals surface area contributed by atoms with Crippen LogP contribution in [-0.4, -0.2) is 37.8 Å². The van der Waals surface area contributed by atoms with Gasteiger partial charge in [0.2, 0.25) is 15.9 Å². The number of hydrogen-bond acceptors (Lipinski definition) is 5. The van der Waals surface area contributed by atoms with Crippen LogP contribution in [0.15, 0.2) is 88.2 Å². The minimum Gasteiger partial charge on any atom is -0.466 e. The van der Waals surface area contributed by atoms with Gasteiger partial charge in [0.25, 0.3) is 0 Å². The first-order chi connectivity index (χ1) is 16.3. The van der Waals surface area contributed by atoms with E-state index in [4.69, 9.17) is 4.74 Å². The minimum absolute atomic E-state index is 0.0381. The van der Waals surface area contributed by atoms with Gasteiger partial charge >= 0.3 is 5.97 Å². The van der Waals surface area contributed by atoms with Crippen LogP contribution in [0.1, 0.15) is 18.1 Å². The van der Waals surface area contributed by atoms with Crippen LogP contribution in [0.4, 0.5) is 5.69 Å². The number of sulfonamides is 1. The highest BCUT2D eigenvalue weighted by atomic mass is 79.9. The molecule has 0 unspecified atom stereocenters. The van der Waals surface area contributed by atoms with E-state index in [-0.39, 0.29) is 30.4 Å². The predicted molar refractivity (Wildman–Crippen MR) is 134 cm³/mol. The van der Waals surface area contributed by atoms with Crippen LogP contribution in [0.5, 0.6) is 0 Å². The molecule has 7 nitrogen and oxygen atoms in total. The first kappa shape index (κ1) is 25.6. The molecule has 1 amide bonds. The van der Waals surface area contributed by atoms with E-state index < -0.39 is 15.9 Å². The van der Waals surface area contributed by atoms with Crippen molar-refractivity contribution < 1.29 is 22.7 Å². The molecule has 0 atom stereocenters. The Balaban J connectivity index is 1.74. The van der Waals surface area contributed by atoms with E-state index in [0.717, 1.165) is 19.9 Å². The van der Waals surface area contributed by atoms with Gasteiger partial charge in [-0.25, -0.2) is 8.42 Å². The molecule has 178 valence electrons. The average molecular weight is 545 g/mol. The van der Waals surface area contributed by atoms with Gasteiger partial charge in [0.15, 0.2) is 0 Å². The SMILES string of the molecule is CCOC(=O)Cc1ccc(NC(=O)CN(Cc2ccc(Br)cc2)S(=O)(=O)c2ccccc2)cc1. The number of benzene rings is 3. The smallest absolute Gasteiger partial charge is 0.310 e. The first-order valence-electron chi connectivity index (χ1n) is 10.6. The van der Waals surface area contributed by atoms with Crippen molar-refractivity contribution in [2.45, 2.75) is 24.8 Å². The number of amides is 1. The van der Waals surface area contributed by atoms with Crippen molar-refractivity contribution in [2.24, 2.45) is 0 Å². The van der Waals surface area contributed by atoms with Crippen LogP contribution in [0.2, 0.25) is 0 Å². The highest BCUT2D eigenvalue weighted by Crippen LogP contribution is 2.20. The second-order valence-electron chi connectivity index (χ2n) is 7.44. The monoisotopic (exact) mass is 544 g/mol. The second kappa shape index (κ2) is 11.9. The fourth-order valence-electron chi connectivity index (χ4n) is 3.21. The van der Waals surface area contributed by atoms with Gasteiger partial charge < -0.3 is 10.1 Å². The van der Waals surface area contributed by atoms with Crippen molar-refractivity contribution in [3.05, 3.63) is 94.5 Å². The topological polar surface area (TPSA) is 92.8 Å². The fourth-order valence-corrected chi connectivity index (χ4v) is 4.88. The number of nitrogens with zero attached hydrogens (tertiary/aromatic N) is 1. The lowest BCUT2D eigenvalue weighted by molar-refractivity contribution is -0.142. The molecule has 0 aromatic heterocycles. The molecule has 3 aromatic carbocycles. The van der Waals surface area contributed by atoms with Crippen molar-refractivity contribution >= 4 is 43.5 Å². The number of ether oxygens (including phenoxy) is 1. The van der Waals surface area contributed by atoms with E-state index >= 15 is 0 Å². The van der Waals surface area contributed by atoms with E-state index in [9.17, 15) is 18.0 Å². The summed E-state index contributed by atoms with van der Waals surface area (Å²) in [5.74, 6) is -0.802. The summed E-state index contributed by atoms with van der Waals surface area (Å²) in [6.45, 7) is 1.73. The van der Waals surface area contributed by atoms with E-state index in [1.54, 1.807) is 61.5 Å². The molecule has 0 saturated heterocycles. The van der Waals surface area contributed by atoms with Crippen molar-refractivity contribution in [2.75, 3.05) is 18.5 Å². The van der Waals surface area contributed by atoms with Crippen LogP contribution in [0.25, 0.3) is 0 Å². The van der Waals surface area contributed by atoms with E-state index in [1.807, 2.05) is 12.1 Å². The quantitative estimate of drug-likeness (QED) is 0.382. The van der Waals surface area contributed by atoms with E-state index in [0.29, 0.717) is 12.3 Å². The fraction of sp³-hybridized carbons (Fsp3) is 0.200. The summed E-state index contributed by atoms with van der Waals surface area (Å²) in [5.41, 5.74) is 2.00. The molecule has 0 aliphatic heterocycles. The number of carbonyl (C=O) groups is 2. The Morgan fingerprint density at radius 3 is 2.15 bits per heavy atom. The summed E-state index contributed by atoms with van der Waals surface area (Å²) in [4.78, 5) is 24.5. The number of halogens is 1. The van der Waals surface area contributed by atoms with Crippen molar-refractivity contribution in [1.29, 1.82) is 0 Å². The molecule has 0 aliphatic rings. The van der Waals surface area contributed by atoms with Crippen LogP contribution in [-0.2, 0) is 37.3 Å². The molecule has 9 heteroatoms. The Morgan fingerprint density at radius 1 is 0.912 bits per heavy atom. The van der Waals surface area contributed by atoms with Gasteiger partial charge in [-0.2, -0.15) is 4.31 Å². The lowest BCUT2D eigenvalue weighted by atomic mass is 10.1. The number of hydrogen-bond donors (Lipinski definition) is 1. The highest BCUT2D eigenvalue weighted by Gasteiger charge is 2.27. The third-order valence-electron chi connectivity index (χ3n) is 4.86. The maximum atomic E-state index is 13.3. The summed E-state index contributed by atoms with van der Waals surface area (Å²) in [6.07, 6.45) is 0.137. The van der Waals surface area contributed by atoms with Crippen LogP contribution >= 0.6 is 15.9 Å². The zero-order chi connectivity index (χ0) is 24.6. The van der Waals surface area contributed by atoms with Crippen molar-refractivity contribution in [3.8, 4) is 0 Å². The molecular formula is C25H25BrN2O5S. The lowest BCUT2D eigenvalue weighted by Crippen LogP contribution is -2.37. The van der Waals surface area contributed by atoms with Crippen molar-refractivity contribution in [3.63, 3.8) is 0 Å². The summed E-state index contributed by atoms with van der Waals surface area (Å²) >= 11 is 3.37. The van der Waals surface area contributed by atoms with Gasteiger partial charge in [0, 0.05) is 16.7 Å². The zero-order valence-corrected chi connectivity index (χ0v) is 21.0. The second-order valence-corrected chi connectivity index (χ2v) is 10.3. The summed E-state index contributed by atoms with van der Waals surface area (Å²) in [7, 11) is -3.91. The Bertz CT molecular complexity index is 1210. The molecule has 0 aliphatic carbocycles. The Morgan fingerprint density at radius 2 is 1.53 bits per heavy atom. The van der Waals surface area contributed by atoms with Crippen LogP contribution in [0, 0.1) is 0 Å². The summed E-state index contributed by atoms with van der Waals surface area (Å²) in [5, 5.41) is 2.73. The van der Waals surface area contributed by atoms with Crippen LogP contribution in [0.3, 0.4) is 0 Å². The Labute approximate surface area is 207 Å². The third-order valence-corrected chi connectivity index (χ3v) is 7.20. The molecule has 0 saturated carbocycles. The third kappa shape index (κ3) is 7.24. The van der Waals surface area contributed by atoms with Gasteiger partial charge in [-0.15, -0.1) is 0 Å². The van der Waals surface area contributed by atoms with E-state index in [2.05, 4.69) is 21.2 Å². The summed E-state index contributed by atoms with van der Waals surface area (Å²) in [6, 6.07) is 22.0. The molecule has 0 bridgehead atoms. The molecule has 0 fully saturated rings. The maximum absolute atomic E-state index is 13.3. The minimum atomic E-state index is -3.91. The van der Waals surface area contributed by atoms with Crippen molar-refractivity contribution in [1.82, 2.24) is 4.31 Å². The molecule has 3 aromatic rings. The number of nitrogens with one attached hydrogen (secondary N) is 1. The first-order valence-corrected chi connectivity index (χ1v) is 12.9. The molecule has 3 rings (SSSR count). The summed E-state index contributed by atoms with van der Waals surface area (Å²) < 4.78 is 33.5. The van der Waals surface area contributed by atoms with Gasteiger partial charge in [-0.1, -0.05) is 58.4 Å². The molecule has 0 spiro atoms. The van der Waals surface area contributed by atoms with Gasteiger partial charge in [0.1, 0.15) is 0 Å². The Kier molecular flexibility index (Phi) is 8.98. The molecule has 1 N–H and O–H groups in total. The standard InChI is InChI=1S/C25H25BrN2O5S/c1-2-33-25(30)16-19-10-14-22(15-11-19)27-24(29)18-28(17-20-8-12-21(26)13-9-20)34(31,32)23-6-4-3-5-7-23/h3-15H,2,16-18H2,1H3,(H,27,29).